The van der Waals surface area contributed by atoms with Gasteiger partial charge in [0.15, 0.2) is 0 Å². The Morgan fingerprint density at radius 2 is 1.73 bits per heavy atom. The molecule has 0 saturated carbocycles. The van der Waals surface area contributed by atoms with Crippen LogP contribution in [0.3, 0.4) is 0 Å². The molecule has 110 valence electrons. The summed E-state index contributed by atoms with van der Waals surface area (Å²) in [5, 5.41) is 2.90. The van der Waals surface area contributed by atoms with Crippen molar-refractivity contribution in [1.29, 1.82) is 0 Å². The fraction of sp³-hybridized carbons (Fsp3) is 0.105. The van der Waals surface area contributed by atoms with Gasteiger partial charge in [-0.15, -0.1) is 0 Å². The van der Waals surface area contributed by atoms with Crippen LogP contribution in [0.25, 0.3) is 6.08 Å². The lowest BCUT2D eigenvalue weighted by Gasteiger charge is -2.06. The molecule has 0 atom stereocenters. The van der Waals surface area contributed by atoms with Gasteiger partial charge < -0.3 is 10.1 Å². The number of fused-ring (bicyclic) bond motifs is 1. The number of benzene rings is 2. The van der Waals surface area contributed by atoms with Gasteiger partial charge in [-0.2, -0.15) is 0 Å². The van der Waals surface area contributed by atoms with Crippen LogP contribution in [0.15, 0.2) is 60.4 Å². The SMILES string of the molecule is Cc1ccc(NC(=O)C2=Cc3cc(C)ccc3OC=C2)cc1. The number of anilines is 1. The van der Waals surface area contributed by atoms with Crippen molar-refractivity contribution in [3.8, 4) is 5.75 Å². The fourth-order valence-corrected chi connectivity index (χ4v) is 2.27. The molecule has 0 bridgehead atoms. The van der Waals surface area contributed by atoms with Gasteiger partial charge in [0, 0.05) is 16.8 Å². The molecular weight excluding hydrogens is 274 g/mol. The van der Waals surface area contributed by atoms with E-state index in [0.29, 0.717) is 5.57 Å². The van der Waals surface area contributed by atoms with Crippen molar-refractivity contribution in [2.45, 2.75) is 13.8 Å². The molecule has 3 nitrogen and oxygen atoms in total. The maximum absolute atomic E-state index is 12.4. The summed E-state index contributed by atoms with van der Waals surface area (Å²) in [5.41, 5.74) is 4.52. The number of nitrogens with one attached hydrogen (secondary N) is 1. The van der Waals surface area contributed by atoms with Crippen LogP contribution in [0.1, 0.15) is 16.7 Å². The third-order valence-corrected chi connectivity index (χ3v) is 3.49. The van der Waals surface area contributed by atoms with E-state index in [1.165, 1.54) is 0 Å². The predicted molar refractivity (Wildman–Crippen MR) is 88.7 cm³/mol. The molecule has 3 heteroatoms. The van der Waals surface area contributed by atoms with Crippen LogP contribution in [0.4, 0.5) is 5.69 Å². The Hall–Kier alpha value is -2.81. The van der Waals surface area contributed by atoms with Crippen LogP contribution in [0, 0.1) is 13.8 Å². The van der Waals surface area contributed by atoms with Crippen molar-refractivity contribution in [3.63, 3.8) is 0 Å². The Bertz CT molecular complexity index is 771. The highest BCUT2D eigenvalue weighted by molar-refractivity contribution is 6.09. The van der Waals surface area contributed by atoms with E-state index in [4.69, 9.17) is 4.74 Å². The van der Waals surface area contributed by atoms with Gasteiger partial charge >= 0.3 is 0 Å². The number of carbonyl (C=O) groups excluding carboxylic acids is 1. The first-order valence-corrected chi connectivity index (χ1v) is 7.15. The van der Waals surface area contributed by atoms with Gasteiger partial charge in [0.25, 0.3) is 5.91 Å². The van der Waals surface area contributed by atoms with Crippen molar-refractivity contribution in [2.24, 2.45) is 0 Å². The van der Waals surface area contributed by atoms with Gasteiger partial charge in [0.2, 0.25) is 0 Å². The first-order chi connectivity index (χ1) is 10.6. The third-order valence-electron chi connectivity index (χ3n) is 3.49. The van der Waals surface area contributed by atoms with Crippen molar-refractivity contribution in [2.75, 3.05) is 5.32 Å². The largest absolute Gasteiger partial charge is 0.464 e. The second-order valence-electron chi connectivity index (χ2n) is 5.38. The molecule has 1 amide bonds. The van der Waals surface area contributed by atoms with Crippen LogP contribution in [0.5, 0.6) is 5.75 Å². The molecule has 2 aromatic carbocycles. The maximum atomic E-state index is 12.4. The lowest BCUT2D eigenvalue weighted by molar-refractivity contribution is -0.112. The molecule has 2 aromatic rings. The Kier molecular flexibility index (Phi) is 3.79. The number of hydrogen-bond donors (Lipinski definition) is 1. The van der Waals surface area contributed by atoms with Gasteiger partial charge in [0.05, 0.1) is 6.26 Å². The summed E-state index contributed by atoms with van der Waals surface area (Å²) < 4.78 is 5.54. The second kappa shape index (κ2) is 5.90. The summed E-state index contributed by atoms with van der Waals surface area (Å²) >= 11 is 0. The Labute approximate surface area is 129 Å². The standard InChI is InChI=1S/C19H17NO2/c1-13-3-6-17(7-4-13)20-19(21)15-9-10-22-18-8-5-14(2)11-16(18)12-15/h3-12H,1-2H3,(H,20,21). The summed E-state index contributed by atoms with van der Waals surface area (Å²) in [5.74, 6) is 0.595. The summed E-state index contributed by atoms with van der Waals surface area (Å²) in [6.45, 7) is 4.03. The van der Waals surface area contributed by atoms with Crippen molar-refractivity contribution >= 4 is 17.7 Å². The summed E-state index contributed by atoms with van der Waals surface area (Å²) in [6.07, 6.45) is 5.07. The van der Waals surface area contributed by atoms with E-state index in [-0.39, 0.29) is 5.91 Å². The summed E-state index contributed by atoms with van der Waals surface area (Å²) in [4.78, 5) is 12.4. The third kappa shape index (κ3) is 3.09. The zero-order chi connectivity index (χ0) is 15.5. The van der Waals surface area contributed by atoms with Crippen LogP contribution >= 0.6 is 0 Å². The number of aryl methyl sites for hydroxylation is 2. The predicted octanol–water partition coefficient (Wildman–Crippen LogP) is 4.23. The van der Waals surface area contributed by atoms with Crippen LogP contribution in [0.2, 0.25) is 0 Å². The van der Waals surface area contributed by atoms with E-state index in [1.54, 1.807) is 12.3 Å². The zero-order valence-electron chi connectivity index (χ0n) is 12.6. The normalized spacial score (nSPS) is 12.7. The van der Waals surface area contributed by atoms with Gasteiger partial charge in [-0.25, -0.2) is 0 Å². The molecule has 0 fully saturated rings. The average Bonchev–Trinajstić information content (AvgIpc) is 2.71. The minimum absolute atomic E-state index is 0.155. The quantitative estimate of drug-likeness (QED) is 0.899. The first kappa shape index (κ1) is 14.1. The lowest BCUT2D eigenvalue weighted by Crippen LogP contribution is -2.13. The minimum atomic E-state index is -0.155. The average molecular weight is 291 g/mol. The maximum Gasteiger partial charge on any atom is 0.255 e. The number of ether oxygens (including phenoxy) is 1. The number of amides is 1. The topological polar surface area (TPSA) is 38.3 Å². The van der Waals surface area contributed by atoms with Crippen molar-refractivity contribution in [1.82, 2.24) is 0 Å². The highest BCUT2D eigenvalue weighted by Gasteiger charge is 2.12. The van der Waals surface area contributed by atoms with E-state index >= 15 is 0 Å². The summed E-state index contributed by atoms with van der Waals surface area (Å²) in [7, 11) is 0. The van der Waals surface area contributed by atoms with E-state index in [9.17, 15) is 4.79 Å². The second-order valence-corrected chi connectivity index (χ2v) is 5.38. The fourth-order valence-electron chi connectivity index (χ4n) is 2.27. The molecule has 22 heavy (non-hydrogen) atoms. The van der Waals surface area contributed by atoms with Gasteiger partial charge in [-0.1, -0.05) is 29.3 Å². The molecule has 1 heterocycles. The Balaban J connectivity index is 1.86. The molecule has 0 aliphatic carbocycles. The Morgan fingerprint density at radius 3 is 2.50 bits per heavy atom. The number of hydrogen-bond acceptors (Lipinski definition) is 2. The molecule has 0 unspecified atom stereocenters. The lowest BCUT2D eigenvalue weighted by atomic mass is 10.1. The van der Waals surface area contributed by atoms with Gasteiger partial charge in [-0.05, 0) is 50.3 Å². The zero-order valence-corrected chi connectivity index (χ0v) is 12.6. The van der Waals surface area contributed by atoms with Crippen molar-refractivity contribution < 1.29 is 9.53 Å². The molecular formula is C19H17NO2. The van der Waals surface area contributed by atoms with Gasteiger partial charge in [0.1, 0.15) is 5.75 Å². The van der Waals surface area contributed by atoms with E-state index < -0.39 is 0 Å². The minimum Gasteiger partial charge on any atom is -0.464 e. The van der Waals surface area contributed by atoms with Crippen LogP contribution in [-0.4, -0.2) is 5.91 Å². The summed E-state index contributed by atoms with van der Waals surface area (Å²) in [6, 6.07) is 13.6. The molecule has 3 rings (SSSR count). The number of rotatable bonds is 2. The van der Waals surface area contributed by atoms with E-state index in [2.05, 4.69) is 5.32 Å². The first-order valence-electron chi connectivity index (χ1n) is 7.15. The van der Waals surface area contributed by atoms with E-state index in [1.807, 2.05) is 62.4 Å². The molecule has 1 aliphatic rings. The molecule has 0 radical (unpaired) electrons. The monoisotopic (exact) mass is 291 g/mol. The molecule has 1 aliphatic heterocycles. The molecule has 0 aromatic heterocycles. The number of carbonyl (C=O) groups is 1. The van der Waals surface area contributed by atoms with Gasteiger partial charge in [-0.3, -0.25) is 4.79 Å². The highest BCUT2D eigenvalue weighted by atomic mass is 16.5. The smallest absolute Gasteiger partial charge is 0.255 e. The Morgan fingerprint density at radius 1 is 1.00 bits per heavy atom. The molecule has 0 spiro atoms. The van der Waals surface area contributed by atoms with Crippen LogP contribution in [-0.2, 0) is 4.79 Å². The molecule has 0 saturated heterocycles. The van der Waals surface area contributed by atoms with Crippen molar-refractivity contribution in [3.05, 3.63) is 77.1 Å². The molecule has 1 N–H and O–H groups in total. The van der Waals surface area contributed by atoms with Crippen LogP contribution < -0.4 is 10.1 Å². The highest BCUT2D eigenvalue weighted by Crippen LogP contribution is 2.26. The van der Waals surface area contributed by atoms with E-state index in [0.717, 1.165) is 28.1 Å².